The molecule has 11 heteroatoms. The zero-order valence-electron chi connectivity index (χ0n) is 23.8. The van der Waals surface area contributed by atoms with E-state index >= 15 is 0 Å². The minimum Gasteiger partial charge on any atom is -0.508 e. The molecule has 2 aliphatic heterocycles. The van der Waals surface area contributed by atoms with Gasteiger partial charge in [-0.2, -0.15) is 0 Å². The Kier molecular flexibility index (Phi) is 10.3. The Bertz CT molecular complexity index is 1220. The summed E-state index contributed by atoms with van der Waals surface area (Å²) in [5.41, 5.74) is 1.47. The number of benzene rings is 2. The molecule has 0 saturated carbocycles. The number of carbonyl (C=O) groups excluding carboxylic acids is 3. The fourth-order valence-electron chi connectivity index (χ4n) is 5.24. The quantitative estimate of drug-likeness (QED) is 0.331. The Labute approximate surface area is 245 Å². The second kappa shape index (κ2) is 13.7. The molecular weight excluding hydrogens is 544 g/mol. The largest absolute Gasteiger partial charge is 0.508 e. The van der Waals surface area contributed by atoms with Crippen LogP contribution >= 0.6 is 11.8 Å². The molecular formula is C30H40N4O6S. The van der Waals surface area contributed by atoms with Crippen LogP contribution in [0.1, 0.15) is 35.3 Å². The smallest absolute Gasteiger partial charge is 0.254 e. The van der Waals surface area contributed by atoms with Crippen molar-refractivity contribution < 1.29 is 29.3 Å². The lowest BCUT2D eigenvalue weighted by molar-refractivity contribution is -0.147. The SMILES string of the molecule is Cc1c(O)cccc1C(=O)N[C@@H](Cc1ccccc1)[C@H](O)C(=O)N1CSC(C)(C)[C@H]1C(=O)NCCN1CCOCC1. The predicted molar refractivity (Wildman–Crippen MR) is 158 cm³/mol. The maximum atomic E-state index is 13.8. The third-order valence-electron chi connectivity index (χ3n) is 7.71. The van der Waals surface area contributed by atoms with Crippen molar-refractivity contribution in [2.45, 2.75) is 50.1 Å². The molecule has 4 rings (SSSR count). The van der Waals surface area contributed by atoms with Gasteiger partial charge in [-0.3, -0.25) is 19.3 Å². The fourth-order valence-corrected chi connectivity index (χ4v) is 6.38. The third-order valence-corrected chi connectivity index (χ3v) is 9.08. The van der Waals surface area contributed by atoms with E-state index in [4.69, 9.17) is 4.74 Å². The molecule has 0 aliphatic carbocycles. The van der Waals surface area contributed by atoms with Crippen molar-refractivity contribution in [3.8, 4) is 5.75 Å². The van der Waals surface area contributed by atoms with Gasteiger partial charge in [0.2, 0.25) is 5.91 Å². The summed E-state index contributed by atoms with van der Waals surface area (Å²) < 4.78 is 4.80. The van der Waals surface area contributed by atoms with E-state index in [0.717, 1.165) is 18.7 Å². The summed E-state index contributed by atoms with van der Waals surface area (Å²) in [6, 6.07) is 12.1. The molecule has 2 saturated heterocycles. The molecule has 4 N–H and O–H groups in total. The van der Waals surface area contributed by atoms with Crippen LogP contribution in [0.3, 0.4) is 0 Å². The van der Waals surface area contributed by atoms with Crippen molar-refractivity contribution in [2.24, 2.45) is 0 Å². The molecule has 3 atom stereocenters. The van der Waals surface area contributed by atoms with Crippen LogP contribution in [0.25, 0.3) is 0 Å². The number of amides is 3. The van der Waals surface area contributed by atoms with E-state index < -0.39 is 34.7 Å². The second-order valence-corrected chi connectivity index (χ2v) is 12.6. The summed E-state index contributed by atoms with van der Waals surface area (Å²) in [6.45, 7) is 9.56. The molecule has 2 aromatic rings. The van der Waals surface area contributed by atoms with E-state index in [2.05, 4.69) is 15.5 Å². The number of hydrogen-bond donors (Lipinski definition) is 4. The summed E-state index contributed by atoms with van der Waals surface area (Å²) in [5.74, 6) is -1.19. The summed E-state index contributed by atoms with van der Waals surface area (Å²) >= 11 is 1.47. The highest BCUT2D eigenvalue weighted by Gasteiger charge is 2.49. The fraction of sp³-hybridized carbons (Fsp3) is 0.500. The third kappa shape index (κ3) is 7.59. The van der Waals surface area contributed by atoms with E-state index in [1.54, 1.807) is 19.1 Å². The van der Waals surface area contributed by atoms with Crippen molar-refractivity contribution >= 4 is 29.5 Å². The van der Waals surface area contributed by atoms with Gasteiger partial charge in [-0.05, 0) is 44.9 Å². The monoisotopic (exact) mass is 584 g/mol. The first-order valence-corrected chi connectivity index (χ1v) is 14.9. The molecule has 222 valence electrons. The van der Waals surface area contributed by atoms with Crippen molar-refractivity contribution in [3.63, 3.8) is 0 Å². The molecule has 41 heavy (non-hydrogen) atoms. The number of aliphatic hydroxyl groups is 1. The van der Waals surface area contributed by atoms with Crippen LogP contribution in [0, 0.1) is 6.92 Å². The van der Waals surface area contributed by atoms with Crippen LogP contribution in [-0.4, -0.2) is 106 Å². The van der Waals surface area contributed by atoms with Crippen molar-refractivity contribution in [2.75, 3.05) is 45.3 Å². The first kappa shape index (κ1) is 30.8. The van der Waals surface area contributed by atoms with Gasteiger partial charge in [0.15, 0.2) is 6.10 Å². The van der Waals surface area contributed by atoms with Gasteiger partial charge in [0.1, 0.15) is 11.8 Å². The normalized spacial score (nSPS) is 20.3. The van der Waals surface area contributed by atoms with Gasteiger partial charge in [0.25, 0.3) is 11.8 Å². The first-order valence-electron chi connectivity index (χ1n) is 13.9. The number of morpholine rings is 1. The molecule has 2 aliphatic rings. The van der Waals surface area contributed by atoms with E-state index in [0.29, 0.717) is 31.9 Å². The molecule has 0 aromatic heterocycles. The van der Waals surface area contributed by atoms with Gasteiger partial charge in [-0.25, -0.2) is 0 Å². The number of nitrogens with zero attached hydrogens (tertiary/aromatic N) is 2. The maximum absolute atomic E-state index is 13.8. The van der Waals surface area contributed by atoms with E-state index in [1.165, 1.54) is 22.7 Å². The van der Waals surface area contributed by atoms with E-state index in [9.17, 15) is 24.6 Å². The van der Waals surface area contributed by atoms with Crippen LogP contribution < -0.4 is 10.6 Å². The standard InChI is InChI=1S/C30H40N4O6S/c1-20-22(10-7-11-24(20)35)27(37)32-23(18-21-8-5-4-6-9-21)25(36)29(39)34-19-41-30(2,3)26(34)28(38)31-12-13-33-14-16-40-17-15-33/h4-11,23,25-26,35-36H,12-19H2,1-3H3,(H,31,38)(H,32,37)/t23-,25-,26+/m0/s1. The number of aromatic hydroxyl groups is 1. The Morgan fingerprint density at radius 1 is 1.10 bits per heavy atom. The predicted octanol–water partition coefficient (Wildman–Crippen LogP) is 1.53. The average molecular weight is 585 g/mol. The lowest BCUT2D eigenvalue weighted by Crippen LogP contribution is -2.59. The number of hydrogen-bond acceptors (Lipinski definition) is 8. The molecule has 3 amide bonds. The number of ether oxygens (including phenoxy) is 1. The average Bonchev–Trinajstić information content (AvgIpc) is 3.29. The number of rotatable bonds is 10. The first-order chi connectivity index (χ1) is 19.6. The second-order valence-electron chi connectivity index (χ2n) is 11.0. The lowest BCUT2D eigenvalue weighted by Gasteiger charge is -2.33. The van der Waals surface area contributed by atoms with Gasteiger partial charge in [0.05, 0.1) is 25.1 Å². The summed E-state index contributed by atoms with van der Waals surface area (Å²) in [6.07, 6.45) is -1.41. The molecule has 2 fully saturated rings. The van der Waals surface area contributed by atoms with E-state index in [-0.39, 0.29) is 29.5 Å². The van der Waals surface area contributed by atoms with E-state index in [1.807, 2.05) is 44.2 Å². The number of thioether (sulfide) groups is 1. The lowest BCUT2D eigenvalue weighted by atomic mass is 9.96. The molecule has 10 nitrogen and oxygen atoms in total. The maximum Gasteiger partial charge on any atom is 0.254 e. The number of carbonyl (C=O) groups is 3. The van der Waals surface area contributed by atoms with Crippen LogP contribution in [0.5, 0.6) is 5.75 Å². The van der Waals surface area contributed by atoms with Crippen molar-refractivity contribution in [1.82, 2.24) is 20.4 Å². The Hall–Kier alpha value is -3.12. The minimum absolute atomic E-state index is 0.0207. The van der Waals surface area contributed by atoms with Gasteiger partial charge < -0.3 is 30.5 Å². The highest BCUT2D eigenvalue weighted by atomic mass is 32.2. The number of aliphatic hydroxyl groups excluding tert-OH is 1. The number of nitrogens with one attached hydrogen (secondary N) is 2. The summed E-state index contributed by atoms with van der Waals surface area (Å²) in [7, 11) is 0. The van der Waals surface area contributed by atoms with Crippen LogP contribution in [0.15, 0.2) is 48.5 Å². The van der Waals surface area contributed by atoms with Crippen molar-refractivity contribution in [3.05, 3.63) is 65.2 Å². The number of phenols is 1. The molecule has 2 aromatic carbocycles. The topological polar surface area (TPSA) is 131 Å². The minimum atomic E-state index is -1.60. The Morgan fingerprint density at radius 3 is 2.51 bits per heavy atom. The molecule has 0 unspecified atom stereocenters. The zero-order chi connectivity index (χ0) is 29.6. The van der Waals surface area contributed by atoms with Gasteiger partial charge >= 0.3 is 0 Å². The van der Waals surface area contributed by atoms with Crippen LogP contribution in [0.4, 0.5) is 0 Å². The van der Waals surface area contributed by atoms with Gasteiger partial charge in [-0.1, -0.05) is 36.4 Å². The number of phenolic OH excluding ortho intramolecular Hbond substituents is 1. The summed E-state index contributed by atoms with van der Waals surface area (Å²) in [4.78, 5) is 44.1. The van der Waals surface area contributed by atoms with Crippen molar-refractivity contribution in [1.29, 1.82) is 0 Å². The molecule has 0 spiro atoms. The van der Waals surface area contributed by atoms with Gasteiger partial charge in [-0.15, -0.1) is 11.8 Å². The van der Waals surface area contributed by atoms with Gasteiger partial charge in [0, 0.05) is 42.1 Å². The Morgan fingerprint density at radius 2 is 1.80 bits per heavy atom. The summed E-state index contributed by atoms with van der Waals surface area (Å²) in [5, 5.41) is 27.3. The highest BCUT2D eigenvalue weighted by molar-refractivity contribution is 8.00. The van der Waals surface area contributed by atoms with Crippen LogP contribution in [0.2, 0.25) is 0 Å². The molecule has 2 heterocycles. The van der Waals surface area contributed by atoms with Crippen LogP contribution in [-0.2, 0) is 20.7 Å². The molecule has 0 bridgehead atoms. The highest BCUT2D eigenvalue weighted by Crippen LogP contribution is 2.39. The zero-order valence-corrected chi connectivity index (χ0v) is 24.7. The molecule has 0 radical (unpaired) electrons. The Balaban J connectivity index is 1.50.